The average molecular weight is 437 g/mol. The Balaban J connectivity index is 1.84. The number of benzene rings is 5. The van der Waals surface area contributed by atoms with Crippen LogP contribution in [0, 0.1) is 13.8 Å². The molecule has 0 amide bonds. The summed E-state index contributed by atoms with van der Waals surface area (Å²) in [6.45, 7) is 4.57. The van der Waals surface area contributed by atoms with Crippen molar-refractivity contribution < 1.29 is 0 Å². The third-order valence-corrected chi connectivity index (χ3v) is 7.31. The molecule has 0 saturated carbocycles. The van der Waals surface area contributed by atoms with Crippen LogP contribution in [0.5, 0.6) is 0 Å². The molecule has 0 aliphatic heterocycles. The maximum Gasteiger partial charge on any atom is 0.0644 e. The molecular weight excluding hydrogens is 412 g/mol. The van der Waals surface area contributed by atoms with Crippen LogP contribution >= 0.6 is 0 Å². The molecule has 7 rings (SSSR count). The van der Waals surface area contributed by atoms with Gasteiger partial charge in [0.2, 0.25) is 0 Å². The fourth-order valence-corrected chi connectivity index (χ4v) is 5.75. The van der Waals surface area contributed by atoms with Crippen LogP contribution in [0.15, 0.2) is 109 Å². The Hall–Kier alpha value is -4.30. The molecule has 0 spiro atoms. The predicted molar refractivity (Wildman–Crippen MR) is 145 cm³/mol. The average Bonchev–Trinajstić information content (AvgIpc) is 3.42. The van der Waals surface area contributed by atoms with Crippen LogP contribution in [0.1, 0.15) is 11.1 Å². The first-order valence-corrected chi connectivity index (χ1v) is 11.8. The van der Waals surface area contributed by atoms with Gasteiger partial charge in [-0.05, 0) is 61.4 Å². The van der Waals surface area contributed by atoms with Gasteiger partial charge in [-0.15, -0.1) is 0 Å². The van der Waals surface area contributed by atoms with Gasteiger partial charge in [-0.2, -0.15) is 0 Å². The minimum absolute atomic E-state index is 1.19. The lowest BCUT2D eigenvalue weighted by Gasteiger charge is -2.14. The largest absolute Gasteiger partial charge is 0.309 e. The third kappa shape index (κ3) is 2.45. The zero-order valence-corrected chi connectivity index (χ0v) is 19.3. The van der Waals surface area contributed by atoms with E-state index in [1.807, 2.05) is 0 Å². The van der Waals surface area contributed by atoms with E-state index in [0.29, 0.717) is 0 Å². The molecule has 34 heavy (non-hydrogen) atoms. The summed E-state index contributed by atoms with van der Waals surface area (Å²) in [7, 11) is 0. The molecule has 0 radical (unpaired) electrons. The van der Waals surface area contributed by atoms with Crippen LogP contribution in [-0.2, 0) is 0 Å². The number of nitrogens with zero attached hydrogens (tertiary/aromatic N) is 2. The second kappa shape index (κ2) is 7.10. The number of para-hydroxylation sites is 4. The van der Waals surface area contributed by atoms with E-state index in [4.69, 9.17) is 0 Å². The number of aryl methyl sites for hydroxylation is 2. The molecule has 5 aromatic carbocycles. The lowest BCUT2D eigenvalue weighted by molar-refractivity contribution is 1.16. The maximum absolute atomic E-state index is 2.46. The molecular formula is C32H24N2. The van der Waals surface area contributed by atoms with Crippen LogP contribution in [-0.4, -0.2) is 9.13 Å². The van der Waals surface area contributed by atoms with Crippen molar-refractivity contribution in [1.82, 2.24) is 9.13 Å². The molecule has 0 bridgehead atoms. The van der Waals surface area contributed by atoms with Gasteiger partial charge < -0.3 is 9.13 Å². The van der Waals surface area contributed by atoms with E-state index in [9.17, 15) is 0 Å². The Kier molecular flexibility index (Phi) is 4.01. The van der Waals surface area contributed by atoms with Crippen LogP contribution < -0.4 is 0 Å². The van der Waals surface area contributed by atoms with Gasteiger partial charge in [0.05, 0.1) is 22.1 Å². The quantitative estimate of drug-likeness (QED) is 0.257. The lowest BCUT2D eigenvalue weighted by atomic mass is 9.98. The molecule has 0 aliphatic rings. The summed E-state index contributed by atoms with van der Waals surface area (Å²) in [4.78, 5) is 0. The van der Waals surface area contributed by atoms with Gasteiger partial charge >= 0.3 is 0 Å². The van der Waals surface area contributed by atoms with Crippen LogP contribution in [0.25, 0.3) is 55.0 Å². The minimum Gasteiger partial charge on any atom is -0.309 e. The van der Waals surface area contributed by atoms with Crippen LogP contribution in [0.4, 0.5) is 0 Å². The Morgan fingerprint density at radius 1 is 0.412 bits per heavy atom. The second-order valence-electron chi connectivity index (χ2n) is 9.07. The molecule has 162 valence electrons. The van der Waals surface area contributed by atoms with E-state index in [-0.39, 0.29) is 0 Å². The Bertz CT molecular complexity index is 1850. The predicted octanol–water partition coefficient (Wildman–Crippen LogP) is 8.50. The number of hydrogen-bond acceptors (Lipinski definition) is 0. The summed E-state index contributed by atoms with van der Waals surface area (Å²) in [6.07, 6.45) is 0. The SMILES string of the molecule is Cc1c(C)c2c(c3ccccc3n2-c2ccccc2)c2c1c1ccccc1n2-c1ccccc1. The fraction of sp³-hybridized carbons (Fsp3) is 0.0625. The number of aromatic nitrogens is 2. The molecule has 0 atom stereocenters. The molecule has 0 unspecified atom stereocenters. The van der Waals surface area contributed by atoms with E-state index in [2.05, 4.69) is 132 Å². The molecule has 2 nitrogen and oxygen atoms in total. The van der Waals surface area contributed by atoms with Crippen molar-refractivity contribution in [3.05, 3.63) is 120 Å². The van der Waals surface area contributed by atoms with Gasteiger partial charge in [0.15, 0.2) is 0 Å². The smallest absolute Gasteiger partial charge is 0.0644 e. The Labute approximate surface area is 198 Å². The van der Waals surface area contributed by atoms with E-state index in [0.717, 1.165) is 0 Å². The van der Waals surface area contributed by atoms with Crippen molar-refractivity contribution in [3.8, 4) is 11.4 Å². The zero-order valence-electron chi connectivity index (χ0n) is 19.3. The van der Waals surface area contributed by atoms with Gasteiger partial charge in [-0.3, -0.25) is 0 Å². The Morgan fingerprint density at radius 3 is 1.41 bits per heavy atom. The van der Waals surface area contributed by atoms with E-state index < -0.39 is 0 Å². The fourth-order valence-electron chi connectivity index (χ4n) is 5.75. The first kappa shape index (κ1) is 19.2. The molecule has 0 fully saturated rings. The number of fused-ring (bicyclic) bond motifs is 7. The summed E-state index contributed by atoms with van der Waals surface area (Å²) in [5, 5.41) is 5.26. The number of rotatable bonds is 2. The van der Waals surface area contributed by atoms with Crippen molar-refractivity contribution in [2.24, 2.45) is 0 Å². The van der Waals surface area contributed by atoms with Crippen molar-refractivity contribution in [2.45, 2.75) is 13.8 Å². The van der Waals surface area contributed by atoms with Crippen molar-refractivity contribution in [2.75, 3.05) is 0 Å². The highest BCUT2D eigenvalue weighted by atomic mass is 15.0. The van der Waals surface area contributed by atoms with E-state index in [1.165, 1.54) is 66.1 Å². The molecule has 2 aromatic heterocycles. The highest BCUT2D eigenvalue weighted by Crippen LogP contribution is 2.45. The summed E-state index contributed by atoms with van der Waals surface area (Å²) in [6, 6.07) is 39.2. The van der Waals surface area contributed by atoms with Crippen LogP contribution in [0.3, 0.4) is 0 Å². The van der Waals surface area contributed by atoms with E-state index >= 15 is 0 Å². The minimum atomic E-state index is 1.19. The molecule has 0 aliphatic carbocycles. The monoisotopic (exact) mass is 436 g/mol. The highest BCUT2D eigenvalue weighted by Gasteiger charge is 2.24. The van der Waals surface area contributed by atoms with Crippen LogP contribution in [0.2, 0.25) is 0 Å². The first-order chi connectivity index (χ1) is 16.8. The zero-order chi connectivity index (χ0) is 22.8. The summed E-state index contributed by atoms with van der Waals surface area (Å²) < 4.78 is 4.90. The van der Waals surface area contributed by atoms with Gasteiger partial charge in [-0.25, -0.2) is 0 Å². The Morgan fingerprint density at radius 2 is 0.853 bits per heavy atom. The molecule has 7 aromatic rings. The molecule has 2 heterocycles. The molecule has 2 heteroatoms. The highest BCUT2D eigenvalue weighted by molar-refractivity contribution is 6.28. The third-order valence-electron chi connectivity index (χ3n) is 7.31. The van der Waals surface area contributed by atoms with Crippen molar-refractivity contribution >= 4 is 43.6 Å². The van der Waals surface area contributed by atoms with Gasteiger partial charge in [0.1, 0.15) is 0 Å². The summed E-state index contributed by atoms with van der Waals surface area (Å²) >= 11 is 0. The van der Waals surface area contributed by atoms with Crippen molar-refractivity contribution in [3.63, 3.8) is 0 Å². The van der Waals surface area contributed by atoms with Gasteiger partial charge in [0, 0.05) is 32.9 Å². The lowest BCUT2D eigenvalue weighted by Crippen LogP contribution is -1.98. The molecule has 0 N–H and O–H groups in total. The summed E-state index contributed by atoms with van der Waals surface area (Å²) in [5.74, 6) is 0. The normalized spacial score (nSPS) is 11.8. The number of hydrogen-bond donors (Lipinski definition) is 0. The van der Waals surface area contributed by atoms with Gasteiger partial charge in [0.25, 0.3) is 0 Å². The van der Waals surface area contributed by atoms with Crippen molar-refractivity contribution in [1.29, 1.82) is 0 Å². The second-order valence-corrected chi connectivity index (χ2v) is 9.07. The maximum atomic E-state index is 2.46. The molecule has 0 saturated heterocycles. The summed E-state index contributed by atoms with van der Waals surface area (Å²) in [5.41, 5.74) is 10.1. The van der Waals surface area contributed by atoms with E-state index in [1.54, 1.807) is 0 Å². The first-order valence-electron chi connectivity index (χ1n) is 11.8. The standard InChI is InChI=1S/C32H24N2/c1-21-22(2)31-30(26-18-10-12-20-28(26)33(31)23-13-5-3-6-14-23)32-29(21)25-17-9-11-19-27(25)34(32)24-15-7-4-8-16-24/h3-20H,1-2H3. The van der Waals surface area contributed by atoms with Gasteiger partial charge in [-0.1, -0.05) is 72.8 Å². The topological polar surface area (TPSA) is 9.86 Å².